The Kier molecular flexibility index (Phi) is 7.82. The second kappa shape index (κ2) is 11.2. The van der Waals surface area contributed by atoms with Gasteiger partial charge < -0.3 is 14.6 Å². The van der Waals surface area contributed by atoms with Gasteiger partial charge in [-0.05, 0) is 31.2 Å². The van der Waals surface area contributed by atoms with Crippen molar-refractivity contribution in [3.05, 3.63) is 60.0 Å². The first-order chi connectivity index (χ1) is 15.7. The summed E-state index contributed by atoms with van der Waals surface area (Å²) >= 11 is 0. The third-order valence-corrected chi connectivity index (χ3v) is 5.83. The number of pyridine rings is 1. The molecule has 1 saturated heterocycles. The summed E-state index contributed by atoms with van der Waals surface area (Å²) in [5.74, 6) is 1.03. The molecule has 0 bridgehead atoms. The van der Waals surface area contributed by atoms with Crippen LogP contribution in [0, 0.1) is 0 Å². The van der Waals surface area contributed by atoms with Crippen molar-refractivity contribution in [3.63, 3.8) is 0 Å². The number of rotatable bonds is 10. The lowest BCUT2D eigenvalue weighted by atomic mass is 10.2. The van der Waals surface area contributed by atoms with E-state index in [1.165, 1.54) is 0 Å². The van der Waals surface area contributed by atoms with E-state index in [-0.39, 0.29) is 5.91 Å². The molecule has 8 heteroatoms. The second-order valence-corrected chi connectivity index (χ2v) is 7.96. The number of carbonyl (C=O) groups is 1. The van der Waals surface area contributed by atoms with Crippen LogP contribution in [0.1, 0.15) is 23.1 Å². The lowest BCUT2D eigenvalue weighted by Gasteiger charge is -2.34. The third kappa shape index (κ3) is 5.70. The largest absolute Gasteiger partial charge is 0.380 e. The summed E-state index contributed by atoms with van der Waals surface area (Å²) < 4.78 is 7.76. The van der Waals surface area contributed by atoms with Crippen molar-refractivity contribution >= 4 is 17.1 Å². The van der Waals surface area contributed by atoms with Gasteiger partial charge in [-0.2, -0.15) is 0 Å². The molecule has 3 aromatic rings. The van der Waals surface area contributed by atoms with Crippen LogP contribution < -0.4 is 5.32 Å². The van der Waals surface area contributed by atoms with Crippen LogP contribution in [0.2, 0.25) is 0 Å². The first-order valence-electron chi connectivity index (χ1n) is 11.4. The minimum atomic E-state index is -0.0104. The molecule has 0 radical (unpaired) electrons. The highest BCUT2D eigenvalue weighted by atomic mass is 16.5. The molecule has 1 aliphatic rings. The van der Waals surface area contributed by atoms with Gasteiger partial charge in [-0.3, -0.25) is 14.6 Å². The highest BCUT2D eigenvalue weighted by Crippen LogP contribution is 2.16. The summed E-state index contributed by atoms with van der Waals surface area (Å²) in [6.45, 7) is 10.4. The van der Waals surface area contributed by atoms with Gasteiger partial charge in [0.05, 0.1) is 13.2 Å². The monoisotopic (exact) mass is 436 g/mol. The molecule has 0 spiro atoms. The van der Waals surface area contributed by atoms with Crippen molar-refractivity contribution in [1.29, 1.82) is 0 Å². The van der Waals surface area contributed by atoms with Gasteiger partial charge in [-0.1, -0.05) is 18.2 Å². The van der Waals surface area contributed by atoms with Crippen molar-refractivity contribution in [2.45, 2.75) is 20.0 Å². The number of aromatic nitrogens is 3. The van der Waals surface area contributed by atoms with Crippen molar-refractivity contribution in [1.82, 2.24) is 29.7 Å². The first kappa shape index (κ1) is 22.4. The lowest BCUT2D eigenvalue weighted by molar-refractivity contribution is 0.0932. The number of piperazine rings is 1. The summed E-state index contributed by atoms with van der Waals surface area (Å²) in [5.41, 5.74) is 2.57. The number of ether oxygens (including phenoxy) is 1. The average Bonchev–Trinajstić information content (AvgIpc) is 3.18. The van der Waals surface area contributed by atoms with Gasteiger partial charge in [0.1, 0.15) is 11.3 Å². The van der Waals surface area contributed by atoms with Crippen molar-refractivity contribution in [2.24, 2.45) is 0 Å². The van der Waals surface area contributed by atoms with E-state index in [4.69, 9.17) is 9.72 Å². The zero-order chi connectivity index (χ0) is 22.2. The molecule has 32 heavy (non-hydrogen) atoms. The SMILES string of the molecule is CCOCCn1c(CN2CCN(CCNC(=O)c3ccccc3)CC2)nc2cccnc21. The number of amides is 1. The molecule has 2 aromatic heterocycles. The minimum absolute atomic E-state index is 0.0104. The number of hydrogen-bond acceptors (Lipinski definition) is 6. The van der Waals surface area contributed by atoms with Crippen LogP contribution in [0.3, 0.4) is 0 Å². The van der Waals surface area contributed by atoms with Crippen molar-refractivity contribution < 1.29 is 9.53 Å². The van der Waals surface area contributed by atoms with Gasteiger partial charge in [0.2, 0.25) is 0 Å². The summed E-state index contributed by atoms with van der Waals surface area (Å²) in [6, 6.07) is 13.3. The molecule has 0 aliphatic carbocycles. The molecular formula is C24H32N6O2. The van der Waals surface area contributed by atoms with E-state index in [0.717, 1.165) is 62.8 Å². The van der Waals surface area contributed by atoms with Gasteiger partial charge in [0, 0.05) is 64.2 Å². The molecule has 170 valence electrons. The highest BCUT2D eigenvalue weighted by molar-refractivity contribution is 5.94. The molecule has 1 N–H and O–H groups in total. The molecule has 0 saturated carbocycles. The zero-order valence-electron chi connectivity index (χ0n) is 18.7. The number of nitrogens with one attached hydrogen (secondary N) is 1. The number of fused-ring (bicyclic) bond motifs is 1. The Morgan fingerprint density at radius 1 is 1.03 bits per heavy atom. The van der Waals surface area contributed by atoms with Crippen LogP contribution in [0.4, 0.5) is 0 Å². The maximum Gasteiger partial charge on any atom is 0.251 e. The van der Waals surface area contributed by atoms with Gasteiger partial charge in [0.25, 0.3) is 5.91 Å². The molecule has 4 rings (SSSR count). The van der Waals surface area contributed by atoms with Crippen molar-refractivity contribution in [2.75, 3.05) is 52.5 Å². The summed E-state index contributed by atoms with van der Waals surface area (Å²) in [7, 11) is 0. The van der Waals surface area contributed by atoms with Crippen molar-refractivity contribution in [3.8, 4) is 0 Å². The smallest absolute Gasteiger partial charge is 0.251 e. The van der Waals surface area contributed by atoms with Crippen LogP contribution in [-0.2, 0) is 17.8 Å². The summed E-state index contributed by atoms with van der Waals surface area (Å²) in [6.07, 6.45) is 1.82. The average molecular weight is 437 g/mol. The number of nitrogens with zero attached hydrogens (tertiary/aromatic N) is 5. The topological polar surface area (TPSA) is 75.5 Å². The Hall–Kier alpha value is -2.81. The van der Waals surface area contributed by atoms with Gasteiger partial charge in [-0.15, -0.1) is 0 Å². The normalized spacial score (nSPS) is 15.3. The predicted molar refractivity (Wildman–Crippen MR) is 125 cm³/mol. The van der Waals surface area contributed by atoms with Gasteiger partial charge in [0.15, 0.2) is 5.65 Å². The van der Waals surface area contributed by atoms with E-state index in [9.17, 15) is 4.79 Å². The Labute approximate surface area is 189 Å². The van der Waals surface area contributed by atoms with E-state index in [1.807, 2.05) is 55.6 Å². The van der Waals surface area contributed by atoms with Crippen LogP contribution in [-0.4, -0.2) is 82.7 Å². The molecule has 1 aromatic carbocycles. The third-order valence-electron chi connectivity index (χ3n) is 5.83. The number of hydrogen-bond donors (Lipinski definition) is 1. The summed E-state index contributed by atoms with van der Waals surface area (Å²) in [4.78, 5) is 26.4. The fourth-order valence-corrected chi connectivity index (χ4v) is 4.05. The highest BCUT2D eigenvalue weighted by Gasteiger charge is 2.20. The predicted octanol–water partition coefficient (Wildman–Crippen LogP) is 2.02. The Balaban J connectivity index is 1.26. The second-order valence-electron chi connectivity index (χ2n) is 7.96. The van der Waals surface area contributed by atoms with Crippen LogP contribution in [0.15, 0.2) is 48.7 Å². The van der Waals surface area contributed by atoms with E-state index in [1.54, 1.807) is 0 Å². The zero-order valence-corrected chi connectivity index (χ0v) is 18.7. The number of carbonyl (C=O) groups excluding carboxylic acids is 1. The Morgan fingerprint density at radius 2 is 1.81 bits per heavy atom. The van der Waals surface area contributed by atoms with Crippen LogP contribution in [0.25, 0.3) is 11.2 Å². The van der Waals surface area contributed by atoms with E-state index in [0.29, 0.717) is 25.3 Å². The first-order valence-corrected chi connectivity index (χ1v) is 11.4. The Morgan fingerprint density at radius 3 is 2.59 bits per heavy atom. The Bertz CT molecular complexity index is 998. The number of imidazole rings is 1. The maximum atomic E-state index is 12.2. The quantitative estimate of drug-likeness (QED) is 0.490. The van der Waals surface area contributed by atoms with Crippen LogP contribution in [0.5, 0.6) is 0 Å². The minimum Gasteiger partial charge on any atom is -0.380 e. The molecule has 8 nitrogen and oxygen atoms in total. The van der Waals surface area contributed by atoms with E-state index < -0.39 is 0 Å². The molecule has 1 fully saturated rings. The summed E-state index contributed by atoms with van der Waals surface area (Å²) in [5, 5.41) is 3.02. The molecule has 0 atom stereocenters. The van der Waals surface area contributed by atoms with Gasteiger partial charge >= 0.3 is 0 Å². The fraction of sp³-hybridized carbons (Fsp3) is 0.458. The lowest BCUT2D eigenvalue weighted by Crippen LogP contribution is -2.48. The maximum absolute atomic E-state index is 12.2. The van der Waals surface area contributed by atoms with Gasteiger partial charge in [-0.25, -0.2) is 9.97 Å². The fourth-order valence-electron chi connectivity index (χ4n) is 4.05. The van der Waals surface area contributed by atoms with E-state index >= 15 is 0 Å². The molecule has 0 unspecified atom stereocenters. The van der Waals surface area contributed by atoms with E-state index in [2.05, 4.69) is 24.7 Å². The number of benzene rings is 1. The van der Waals surface area contributed by atoms with Crippen LogP contribution >= 0.6 is 0 Å². The standard InChI is InChI=1S/C24H32N6O2/c1-2-32-18-17-30-22(27-21-9-6-10-25-23(21)30)19-29-15-13-28(14-16-29)12-11-26-24(31)20-7-4-3-5-8-20/h3-10H,2,11-19H2,1H3,(H,26,31). The molecule has 3 heterocycles. The molecular weight excluding hydrogens is 404 g/mol. The molecule has 1 aliphatic heterocycles. The molecule has 1 amide bonds.